The molecule has 1 fully saturated rings. The molecule has 0 aliphatic carbocycles. The van der Waals surface area contributed by atoms with E-state index in [2.05, 4.69) is 20.2 Å². The summed E-state index contributed by atoms with van der Waals surface area (Å²) in [4.78, 5) is 24.9. The number of hydrogen-bond acceptors (Lipinski definition) is 5. The molecule has 1 aromatic carbocycles. The van der Waals surface area contributed by atoms with Gasteiger partial charge in [-0.05, 0) is 29.8 Å². The highest BCUT2D eigenvalue weighted by molar-refractivity contribution is 14.0. The number of carbonyl (C=O) groups is 1. The second kappa shape index (κ2) is 11.6. The summed E-state index contributed by atoms with van der Waals surface area (Å²) >= 11 is 0. The minimum atomic E-state index is -0.360. The van der Waals surface area contributed by atoms with E-state index < -0.39 is 0 Å². The molecule has 3 aromatic rings. The highest BCUT2D eigenvalue weighted by atomic mass is 127. The second-order valence-corrected chi connectivity index (χ2v) is 7.22. The predicted octanol–water partition coefficient (Wildman–Crippen LogP) is 3.76. The fourth-order valence-corrected chi connectivity index (χ4v) is 3.42. The number of hydrogen-bond donors (Lipinski definition) is 1. The Balaban J connectivity index is 0.00000306. The largest absolute Gasteiger partial charge is 0.459 e. The molecular formula is C23H25FIN5O3. The maximum absolute atomic E-state index is 13.3. The van der Waals surface area contributed by atoms with Crippen molar-refractivity contribution < 1.29 is 18.3 Å². The van der Waals surface area contributed by atoms with Crippen molar-refractivity contribution in [1.29, 1.82) is 0 Å². The van der Waals surface area contributed by atoms with Crippen molar-refractivity contribution in [3.63, 3.8) is 0 Å². The lowest BCUT2D eigenvalue weighted by Gasteiger charge is -2.36. The van der Waals surface area contributed by atoms with E-state index in [0.29, 0.717) is 50.1 Å². The minimum absolute atomic E-state index is 0. The molecule has 33 heavy (non-hydrogen) atoms. The Morgan fingerprint density at radius 1 is 1.15 bits per heavy atom. The minimum Gasteiger partial charge on any atom is -0.459 e. The third-order valence-corrected chi connectivity index (χ3v) is 5.08. The molecule has 0 radical (unpaired) electrons. The molecule has 1 N–H and O–H groups in total. The highest BCUT2D eigenvalue weighted by Gasteiger charge is 2.25. The van der Waals surface area contributed by atoms with Crippen molar-refractivity contribution in [3.05, 3.63) is 78.1 Å². The summed E-state index contributed by atoms with van der Waals surface area (Å²) in [5, 5.41) is 3.33. The summed E-state index contributed by atoms with van der Waals surface area (Å²) in [5.74, 6) is 1.45. The van der Waals surface area contributed by atoms with Crippen molar-refractivity contribution in [2.24, 2.45) is 4.99 Å². The molecule has 2 aromatic heterocycles. The van der Waals surface area contributed by atoms with Crippen molar-refractivity contribution >= 4 is 35.8 Å². The van der Waals surface area contributed by atoms with Gasteiger partial charge in [-0.1, -0.05) is 12.1 Å². The Labute approximate surface area is 208 Å². The van der Waals surface area contributed by atoms with E-state index in [1.807, 2.05) is 6.07 Å². The number of ether oxygens (including phenoxy) is 1. The number of aromatic nitrogens is 1. The average Bonchev–Trinajstić information content (AvgIpc) is 3.36. The van der Waals surface area contributed by atoms with E-state index >= 15 is 0 Å². The van der Waals surface area contributed by atoms with Gasteiger partial charge in [0.05, 0.1) is 6.26 Å². The van der Waals surface area contributed by atoms with E-state index in [-0.39, 0.29) is 35.7 Å². The molecule has 1 aliphatic heterocycles. The maximum Gasteiger partial charge on any atom is 0.289 e. The van der Waals surface area contributed by atoms with Gasteiger partial charge in [-0.2, -0.15) is 0 Å². The first-order chi connectivity index (χ1) is 15.6. The maximum atomic E-state index is 13.3. The van der Waals surface area contributed by atoms with Crippen LogP contribution in [0.4, 0.5) is 4.39 Å². The highest BCUT2D eigenvalue weighted by Crippen LogP contribution is 2.20. The first-order valence-corrected chi connectivity index (χ1v) is 10.3. The summed E-state index contributed by atoms with van der Waals surface area (Å²) < 4.78 is 24.1. The topological polar surface area (TPSA) is 83.2 Å². The van der Waals surface area contributed by atoms with Crippen LogP contribution in [-0.4, -0.2) is 59.9 Å². The first-order valence-electron chi connectivity index (χ1n) is 10.3. The van der Waals surface area contributed by atoms with Crippen molar-refractivity contribution in [2.45, 2.75) is 6.54 Å². The quantitative estimate of drug-likeness (QED) is 0.288. The molecule has 0 bridgehead atoms. The molecule has 4 rings (SSSR count). The van der Waals surface area contributed by atoms with E-state index in [0.717, 1.165) is 11.5 Å². The molecule has 10 heteroatoms. The van der Waals surface area contributed by atoms with Crippen LogP contribution < -0.4 is 10.1 Å². The molecule has 174 valence electrons. The van der Waals surface area contributed by atoms with Crippen LogP contribution in [0.2, 0.25) is 0 Å². The van der Waals surface area contributed by atoms with E-state index in [1.165, 1.54) is 18.4 Å². The van der Waals surface area contributed by atoms with Gasteiger partial charge in [0.2, 0.25) is 5.88 Å². The van der Waals surface area contributed by atoms with Crippen molar-refractivity contribution in [1.82, 2.24) is 20.1 Å². The molecular weight excluding hydrogens is 540 g/mol. The monoisotopic (exact) mass is 565 g/mol. The van der Waals surface area contributed by atoms with Crippen LogP contribution in [0, 0.1) is 5.82 Å². The van der Waals surface area contributed by atoms with Gasteiger partial charge in [-0.25, -0.2) is 9.37 Å². The van der Waals surface area contributed by atoms with Crippen LogP contribution >= 0.6 is 24.0 Å². The lowest BCUT2D eigenvalue weighted by Crippen LogP contribution is -2.53. The summed E-state index contributed by atoms with van der Waals surface area (Å²) in [7, 11) is 1.73. The first kappa shape index (κ1) is 24.5. The van der Waals surface area contributed by atoms with Crippen LogP contribution in [0.1, 0.15) is 16.1 Å². The third-order valence-electron chi connectivity index (χ3n) is 5.08. The van der Waals surface area contributed by atoms with Crippen LogP contribution in [0.5, 0.6) is 11.6 Å². The van der Waals surface area contributed by atoms with E-state index in [9.17, 15) is 9.18 Å². The summed E-state index contributed by atoms with van der Waals surface area (Å²) in [6.07, 6.45) is 3.21. The molecule has 0 spiro atoms. The summed E-state index contributed by atoms with van der Waals surface area (Å²) in [6.45, 7) is 3.06. The summed E-state index contributed by atoms with van der Waals surface area (Å²) in [5.41, 5.74) is 0.948. The average molecular weight is 565 g/mol. The number of amides is 1. The SMILES string of the molecule is CN=C(NCc1ccc(Oc2cccc(F)c2)nc1)N1CCN(C(=O)c2ccco2)CC1.I. The van der Waals surface area contributed by atoms with Crippen LogP contribution in [-0.2, 0) is 6.54 Å². The number of furan rings is 1. The normalized spacial score (nSPS) is 13.9. The zero-order valence-corrected chi connectivity index (χ0v) is 20.4. The number of nitrogens with one attached hydrogen (secondary N) is 1. The fourth-order valence-electron chi connectivity index (χ4n) is 3.42. The second-order valence-electron chi connectivity index (χ2n) is 7.22. The number of carbonyl (C=O) groups excluding carboxylic acids is 1. The molecule has 8 nitrogen and oxygen atoms in total. The smallest absolute Gasteiger partial charge is 0.289 e. The van der Waals surface area contributed by atoms with Gasteiger partial charge in [-0.15, -0.1) is 24.0 Å². The Hall–Kier alpha value is -3.15. The van der Waals surface area contributed by atoms with Gasteiger partial charge in [0.15, 0.2) is 11.7 Å². The van der Waals surface area contributed by atoms with Crippen molar-refractivity contribution in [3.8, 4) is 11.6 Å². The Bertz CT molecular complexity index is 1070. The van der Waals surface area contributed by atoms with E-state index in [1.54, 1.807) is 48.5 Å². The molecule has 1 aliphatic rings. The van der Waals surface area contributed by atoms with E-state index in [4.69, 9.17) is 9.15 Å². The van der Waals surface area contributed by atoms with Gasteiger partial charge < -0.3 is 24.3 Å². The molecule has 0 atom stereocenters. The van der Waals surface area contributed by atoms with Gasteiger partial charge in [-0.3, -0.25) is 9.79 Å². The number of pyridine rings is 1. The van der Waals surface area contributed by atoms with Gasteiger partial charge in [0.25, 0.3) is 5.91 Å². The zero-order chi connectivity index (χ0) is 22.3. The van der Waals surface area contributed by atoms with Crippen LogP contribution in [0.15, 0.2) is 70.4 Å². The molecule has 0 unspecified atom stereocenters. The standard InChI is InChI=1S/C23H24FN5O3.HI/c1-25-23(29-11-9-28(10-12-29)22(30)20-6-3-13-31-20)27-16-17-7-8-21(26-15-17)32-19-5-2-4-18(24)14-19;/h2-8,13-15H,9-12,16H2,1H3,(H,25,27);1H. The lowest BCUT2D eigenvalue weighted by molar-refractivity contribution is 0.0657. The fraction of sp³-hybridized carbons (Fsp3) is 0.261. The van der Waals surface area contributed by atoms with Gasteiger partial charge >= 0.3 is 0 Å². The predicted molar refractivity (Wildman–Crippen MR) is 133 cm³/mol. The van der Waals surface area contributed by atoms with Crippen molar-refractivity contribution in [2.75, 3.05) is 33.2 Å². The zero-order valence-electron chi connectivity index (χ0n) is 18.1. The number of halogens is 2. The number of rotatable bonds is 5. The molecule has 0 saturated carbocycles. The third kappa shape index (κ3) is 6.44. The number of guanidine groups is 1. The number of aliphatic imine (C=N–C) groups is 1. The molecule has 1 saturated heterocycles. The number of nitrogens with zero attached hydrogens (tertiary/aromatic N) is 4. The Kier molecular flexibility index (Phi) is 8.64. The number of piperazine rings is 1. The molecule has 3 heterocycles. The van der Waals surface area contributed by atoms with Crippen LogP contribution in [0.25, 0.3) is 0 Å². The Morgan fingerprint density at radius 3 is 2.58 bits per heavy atom. The van der Waals surface area contributed by atoms with Gasteiger partial charge in [0, 0.05) is 58.1 Å². The molecule has 1 amide bonds. The lowest BCUT2D eigenvalue weighted by atomic mass is 10.2. The summed E-state index contributed by atoms with van der Waals surface area (Å²) in [6, 6.07) is 12.9. The van der Waals surface area contributed by atoms with Crippen LogP contribution in [0.3, 0.4) is 0 Å². The number of benzene rings is 1. The Morgan fingerprint density at radius 2 is 1.94 bits per heavy atom. The van der Waals surface area contributed by atoms with Gasteiger partial charge in [0.1, 0.15) is 11.6 Å².